The van der Waals surface area contributed by atoms with Crippen molar-refractivity contribution in [2.75, 3.05) is 7.11 Å². The molecule has 0 atom stereocenters. The number of methoxy groups -OCH3 is 1. The van der Waals surface area contributed by atoms with E-state index in [1.165, 1.54) is 19.2 Å². The third-order valence-electron chi connectivity index (χ3n) is 1.66. The highest BCUT2D eigenvalue weighted by Gasteiger charge is 2.12. The zero-order valence-electron chi connectivity index (χ0n) is 8.81. The molecule has 0 unspecified atom stereocenters. The van der Waals surface area contributed by atoms with Crippen molar-refractivity contribution in [3.05, 3.63) is 23.2 Å². The zero-order valence-corrected chi connectivity index (χ0v) is 9.56. The van der Waals surface area contributed by atoms with E-state index in [1.807, 2.05) is 0 Å². The number of carboxylic acids is 1. The molecular weight excluding hydrogens is 252 g/mol. The van der Waals surface area contributed by atoms with Crippen molar-refractivity contribution < 1.29 is 29.2 Å². The van der Waals surface area contributed by atoms with Crippen LogP contribution in [0.1, 0.15) is 6.42 Å². The number of hydrogen-bond acceptors (Lipinski definition) is 5. The summed E-state index contributed by atoms with van der Waals surface area (Å²) in [4.78, 5) is 30.0. The van der Waals surface area contributed by atoms with Gasteiger partial charge >= 0.3 is 11.9 Å². The van der Waals surface area contributed by atoms with Crippen molar-refractivity contribution in [1.29, 1.82) is 0 Å². The minimum atomic E-state index is -1.31. The summed E-state index contributed by atoms with van der Waals surface area (Å²) in [6.45, 7) is 0. The molecule has 1 aromatic carbocycles. The van der Waals surface area contributed by atoms with Crippen molar-refractivity contribution in [2.24, 2.45) is 0 Å². The van der Waals surface area contributed by atoms with Crippen LogP contribution in [0.3, 0.4) is 0 Å². The highest BCUT2D eigenvalue weighted by Crippen LogP contribution is 2.28. The number of rotatable bonds is 5. The van der Waals surface area contributed by atoms with E-state index in [4.69, 9.17) is 21.4 Å². The first-order valence-electron chi connectivity index (χ1n) is 4.45. The van der Waals surface area contributed by atoms with Gasteiger partial charge in [0.2, 0.25) is 5.75 Å². The van der Waals surface area contributed by atoms with Gasteiger partial charge in [-0.1, -0.05) is 11.6 Å². The number of carbonyl (C=O) groups excluding carboxylic acids is 1. The Morgan fingerprint density at radius 3 is 2.71 bits per heavy atom. The van der Waals surface area contributed by atoms with Crippen LogP contribution in [0.25, 0.3) is 0 Å². The monoisotopic (exact) mass is 260 g/mol. The van der Waals surface area contributed by atoms with Crippen LogP contribution >= 0.6 is 11.6 Å². The van der Waals surface area contributed by atoms with Gasteiger partial charge < -0.3 is 9.84 Å². The van der Waals surface area contributed by atoms with E-state index in [2.05, 4.69) is 9.78 Å². The first kappa shape index (κ1) is 13.1. The van der Waals surface area contributed by atoms with Gasteiger partial charge in [-0.05, 0) is 12.1 Å². The Morgan fingerprint density at radius 1 is 1.41 bits per heavy atom. The molecule has 0 spiro atoms. The number of ether oxygens (including phenoxy) is 1. The molecule has 0 saturated carbocycles. The predicted octanol–water partition coefficient (Wildman–Crippen LogP) is 1.66. The number of halogens is 1. The molecule has 92 valence electrons. The van der Waals surface area contributed by atoms with E-state index in [0.717, 1.165) is 0 Å². The fraction of sp³-hybridized carbons (Fsp3) is 0.200. The van der Waals surface area contributed by atoms with Gasteiger partial charge in [0.1, 0.15) is 12.2 Å². The summed E-state index contributed by atoms with van der Waals surface area (Å²) in [5, 5.41) is 8.52. The molecule has 6 nitrogen and oxygen atoms in total. The van der Waals surface area contributed by atoms with Gasteiger partial charge in [-0.25, -0.2) is 9.68 Å². The lowest BCUT2D eigenvalue weighted by Gasteiger charge is -2.06. The van der Waals surface area contributed by atoms with Crippen molar-refractivity contribution in [3.8, 4) is 11.5 Å². The standard InChI is InChI=1S/C10H9ClO6/c1-15-6-2-3-7(11)8(4-6)16-17-10(14)5-9(12)13/h2-4H,5H2,1H3,(H,12,13). The average Bonchev–Trinajstić information content (AvgIpc) is 2.27. The molecule has 0 aliphatic heterocycles. The Morgan fingerprint density at radius 2 is 2.12 bits per heavy atom. The summed E-state index contributed by atoms with van der Waals surface area (Å²) in [5.41, 5.74) is 0. The first-order chi connectivity index (χ1) is 8.02. The molecule has 17 heavy (non-hydrogen) atoms. The lowest BCUT2D eigenvalue weighted by atomic mass is 10.3. The first-order valence-corrected chi connectivity index (χ1v) is 4.83. The van der Waals surface area contributed by atoms with Crippen LogP contribution in [0.15, 0.2) is 18.2 Å². The minimum absolute atomic E-state index is 0.0600. The molecule has 0 amide bonds. The van der Waals surface area contributed by atoms with Gasteiger partial charge in [0.05, 0.1) is 12.1 Å². The fourth-order valence-corrected chi connectivity index (χ4v) is 1.07. The summed E-state index contributed by atoms with van der Waals surface area (Å²) < 4.78 is 4.91. The number of aliphatic carboxylic acids is 1. The second-order valence-electron chi connectivity index (χ2n) is 2.91. The van der Waals surface area contributed by atoms with Crippen LogP contribution < -0.4 is 9.62 Å². The summed E-state index contributed by atoms with van der Waals surface area (Å²) >= 11 is 5.75. The Bertz CT molecular complexity index is 431. The number of benzene rings is 1. The molecule has 0 aliphatic carbocycles. The Hall–Kier alpha value is -1.95. The lowest BCUT2D eigenvalue weighted by Crippen LogP contribution is -2.12. The van der Waals surface area contributed by atoms with Crippen LogP contribution in [0.5, 0.6) is 11.5 Å². The Kier molecular flexibility index (Phi) is 4.59. The molecule has 1 N–H and O–H groups in total. The highest BCUT2D eigenvalue weighted by atomic mass is 35.5. The molecule has 0 heterocycles. The maximum absolute atomic E-state index is 10.9. The normalized spacial score (nSPS) is 9.53. The van der Waals surface area contributed by atoms with E-state index < -0.39 is 18.4 Å². The number of hydrogen-bond donors (Lipinski definition) is 1. The van der Waals surface area contributed by atoms with Crippen LogP contribution in [0, 0.1) is 0 Å². The van der Waals surface area contributed by atoms with Gasteiger partial charge in [-0.2, -0.15) is 0 Å². The Balaban J connectivity index is 2.62. The molecule has 0 saturated heterocycles. The molecule has 1 rings (SSSR count). The summed E-state index contributed by atoms with van der Waals surface area (Å²) in [6, 6.07) is 4.48. The summed E-state index contributed by atoms with van der Waals surface area (Å²) in [7, 11) is 1.45. The Labute approximate surface area is 102 Å². The smallest absolute Gasteiger partial charge is 0.366 e. The summed E-state index contributed by atoms with van der Waals surface area (Å²) in [6.07, 6.45) is -0.790. The quantitative estimate of drug-likeness (QED) is 0.492. The van der Waals surface area contributed by atoms with Gasteiger partial charge in [-0.15, -0.1) is 0 Å². The molecule has 0 aromatic heterocycles. The topological polar surface area (TPSA) is 82.1 Å². The van der Waals surface area contributed by atoms with Gasteiger partial charge in [0, 0.05) is 6.07 Å². The van der Waals surface area contributed by atoms with Crippen LogP contribution in [-0.2, 0) is 14.5 Å². The molecule has 0 fully saturated rings. The van der Waals surface area contributed by atoms with Gasteiger partial charge in [-0.3, -0.25) is 9.68 Å². The third kappa shape index (κ3) is 4.20. The van der Waals surface area contributed by atoms with Crippen molar-refractivity contribution >= 4 is 23.5 Å². The van der Waals surface area contributed by atoms with Crippen molar-refractivity contribution in [1.82, 2.24) is 0 Å². The SMILES string of the molecule is COc1ccc(Cl)c(OOC(=O)CC(=O)O)c1. The number of carbonyl (C=O) groups is 2. The molecule has 1 aromatic rings. The maximum atomic E-state index is 10.9. The average molecular weight is 261 g/mol. The maximum Gasteiger partial charge on any atom is 0.366 e. The van der Waals surface area contributed by atoms with Crippen LogP contribution in [-0.4, -0.2) is 24.2 Å². The van der Waals surface area contributed by atoms with E-state index in [0.29, 0.717) is 5.75 Å². The van der Waals surface area contributed by atoms with E-state index in [9.17, 15) is 9.59 Å². The van der Waals surface area contributed by atoms with Crippen LogP contribution in [0.4, 0.5) is 0 Å². The van der Waals surface area contributed by atoms with Crippen LogP contribution in [0.2, 0.25) is 5.02 Å². The second kappa shape index (κ2) is 5.95. The van der Waals surface area contributed by atoms with E-state index >= 15 is 0 Å². The minimum Gasteiger partial charge on any atom is -0.497 e. The molecular formula is C10H9ClO6. The second-order valence-corrected chi connectivity index (χ2v) is 3.31. The van der Waals surface area contributed by atoms with E-state index in [1.54, 1.807) is 6.07 Å². The molecule has 7 heteroatoms. The molecule has 0 aliphatic rings. The van der Waals surface area contributed by atoms with Crippen molar-refractivity contribution in [3.63, 3.8) is 0 Å². The zero-order chi connectivity index (χ0) is 12.8. The largest absolute Gasteiger partial charge is 0.497 e. The van der Waals surface area contributed by atoms with Crippen molar-refractivity contribution in [2.45, 2.75) is 6.42 Å². The fourth-order valence-electron chi connectivity index (χ4n) is 0.919. The van der Waals surface area contributed by atoms with Gasteiger partial charge in [0.25, 0.3) is 0 Å². The number of carboxylic acid groups (broad SMARTS) is 1. The summed E-state index contributed by atoms with van der Waals surface area (Å²) in [5.74, 6) is -1.82. The predicted molar refractivity (Wildman–Crippen MR) is 57.0 cm³/mol. The highest BCUT2D eigenvalue weighted by molar-refractivity contribution is 6.32. The lowest BCUT2D eigenvalue weighted by molar-refractivity contribution is -0.214. The third-order valence-corrected chi connectivity index (χ3v) is 1.97. The molecule has 0 bridgehead atoms. The van der Waals surface area contributed by atoms with Gasteiger partial charge in [0.15, 0.2) is 0 Å². The molecule has 0 radical (unpaired) electrons. The van der Waals surface area contributed by atoms with E-state index in [-0.39, 0.29) is 10.8 Å².